The number of aliphatic hydroxyl groups is 2. The van der Waals surface area contributed by atoms with Crippen molar-refractivity contribution in [3.05, 3.63) is 4.13 Å². The Balaban J connectivity index is 0. The van der Waals surface area contributed by atoms with Crippen molar-refractivity contribution < 1.29 is 62.7 Å². The number of carbonyl (C=O) groups excluding carboxylic acids is 1. The second kappa shape index (κ2) is 8.12. The van der Waals surface area contributed by atoms with E-state index in [-0.39, 0.29) is 10.4 Å². The summed E-state index contributed by atoms with van der Waals surface area (Å²) in [6, 6.07) is 0. The molecule has 0 aromatic rings. The summed E-state index contributed by atoms with van der Waals surface area (Å²) in [5, 5.41) is 17.2. The highest BCUT2D eigenvalue weighted by Crippen LogP contribution is 2.36. The second-order valence-electron chi connectivity index (χ2n) is 4.97. The molecule has 0 aromatic heterocycles. The van der Waals surface area contributed by atoms with Crippen LogP contribution in [0.2, 0.25) is 0 Å². The number of rotatable bonds is 4. The van der Waals surface area contributed by atoms with Crippen LogP contribution in [-0.2, 0) is 24.8 Å². The predicted molar refractivity (Wildman–Crippen MR) is 69.4 cm³/mol. The van der Waals surface area contributed by atoms with Gasteiger partial charge in [-0.3, -0.25) is 4.48 Å². The van der Waals surface area contributed by atoms with Crippen molar-refractivity contribution in [2.45, 2.75) is 17.1 Å². The zero-order valence-corrected chi connectivity index (χ0v) is 14.3. The van der Waals surface area contributed by atoms with Gasteiger partial charge in [-0.1, -0.05) is 0 Å². The molecule has 1 amide bonds. The maximum Gasteiger partial charge on any atom is 0.480 e. The number of amides is 1. The van der Waals surface area contributed by atoms with Crippen LogP contribution in [0.4, 0.5) is 26.3 Å². The van der Waals surface area contributed by atoms with E-state index in [9.17, 15) is 48.0 Å². The summed E-state index contributed by atoms with van der Waals surface area (Å²) in [6.07, 6.45) is -1.25. The van der Waals surface area contributed by atoms with Gasteiger partial charge < -0.3 is 14.3 Å². The number of hydrogen-bond donors (Lipinski definition) is 2. The quantitative estimate of drug-likeness (QED) is 0.460. The van der Waals surface area contributed by atoms with E-state index in [0.29, 0.717) is 0 Å². The van der Waals surface area contributed by atoms with Crippen LogP contribution in [-0.4, -0.2) is 82.3 Å². The smallest absolute Gasteiger partial charge is 0.421 e. The third-order valence-corrected chi connectivity index (χ3v) is 4.64. The summed E-state index contributed by atoms with van der Waals surface area (Å²) in [5.41, 5.74) is -12.4. The first kappa shape index (κ1) is 26.2. The first-order valence-corrected chi connectivity index (χ1v) is 8.49. The van der Waals surface area contributed by atoms with Gasteiger partial charge in [0.25, 0.3) is 0 Å². The van der Waals surface area contributed by atoms with Gasteiger partial charge in [-0.15, -0.1) is 0 Å². The van der Waals surface area contributed by atoms with E-state index in [0.717, 1.165) is 4.13 Å². The van der Waals surface area contributed by atoms with Gasteiger partial charge in [0.1, 0.15) is 0 Å². The first-order chi connectivity index (χ1) is 10.6. The summed E-state index contributed by atoms with van der Waals surface area (Å²) < 4.78 is 109. The van der Waals surface area contributed by atoms with Crippen LogP contribution in [0.5, 0.6) is 0 Å². The highest BCUT2D eigenvalue weighted by atomic mass is 32.3. The largest absolute Gasteiger partial charge is 0.480 e. The lowest BCUT2D eigenvalue weighted by molar-refractivity contribution is -0.794. The Labute approximate surface area is 138 Å². The highest BCUT2D eigenvalue weighted by Gasteiger charge is 2.46. The van der Waals surface area contributed by atoms with Gasteiger partial charge in [0, 0.05) is 0 Å². The summed E-state index contributed by atoms with van der Waals surface area (Å²) in [6.45, 7) is -0.506. The van der Waals surface area contributed by atoms with E-state index in [1.165, 1.54) is 0 Å². The van der Waals surface area contributed by atoms with E-state index < -0.39 is 43.8 Å². The standard InChI is InChI=1S/C6H14NO3.C2F6NO4S2/c1-7(2,3)6(10)5(9)4-8;3-1(4,5)14(10,11)9-15(12,13)2(6,7)8/h5,8-9H,4H2,1-3H3;/q+1;-1. The van der Waals surface area contributed by atoms with E-state index >= 15 is 0 Å². The minimum absolute atomic E-state index is 0.0295. The Morgan fingerprint density at radius 1 is 0.960 bits per heavy atom. The molecular formula is C8H14F6N2O7S2. The number of quaternary nitrogens is 1. The van der Waals surface area contributed by atoms with Crippen molar-refractivity contribution in [3.8, 4) is 0 Å². The average Bonchev–Trinajstić information content (AvgIpc) is 2.32. The fourth-order valence-electron chi connectivity index (χ4n) is 0.739. The van der Waals surface area contributed by atoms with Crippen LogP contribution in [0.3, 0.4) is 0 Å². The molecule has 25 heavy (non-hydrogen) atoms. The van der Waals surface area contributed by atoms with E-state index in [2.05, 4.69) is 0 Å². The van der Waals surface area contributed by atoms with Crippen LogP contribution < -0.4 is 0 Å². The van der Waals surface area contributed by atoms with Crippen molar-refractivity contribution in [1.29, 1.82) is 0 Å². The molecule has 0 fully saturated rings. The zero-order chi connectivity index (χ0) is 21.1. The molecule has 0 aliphatic heterocycles. The van der Waals surface area contributed by atoms with Gasteiger partial charge in [-0.25, -0.2) is 21.6 Å². The minimum Gasteiger partial charge on any atom is -0.421 e. The Morgan fingerprint density at radius 2 is 1.24 bits per heavy atom. The van der Waals surface area contributed by atoms with Crippen LogP contribution in [0.1, 0.15) is 0 Å². The van der Waals surface area contributed by atoms with Crippen molar-refractivity contribution in [1.82, 2.24) is 0 Å². The number of alkyl halides is 6. The molecule has 0 aromatic carbocycles. The van der Waals surface area contributed by atoms with Crippen LogP contribution in [0, 0.1) is 0 Å². The number of likely N-dealkylation sites (N-methyl/N-ethyl adjacent to an activating group) is 1. The average molecular weight is 428 g/mol. The molecule has 0 spiro atoms. The van der Waals surface area contributed by atoms with Crippen molar-refractivity contribution in [2.24, 2.45) is 0 Å². The molecule has 0 heterocycles. The fourth-order valence-corrected chi connectivity index (χ4v) is 2.45. The zero-order valence-electron chi connectivity index (χ0n) is 12.7. The molecule has 0 saturated carbocycles. The van der Waals surface area contributed by atoms with Crippen LogP contribution >= 0.6 is 0 Å². The number of carbonyl (C=O) groups is 1. The monoisotopic (exact) mass is 428 g/mol. The first-order valence-electron chi connectivity index (χ1n) is 5.61. The molecule has 0 rings (SSSR count). The number of hydrogen-bond acceptors (Lipinski definition) is 7. The Morgan fingerprint density at radius 3 is 1.36 bits per heavy atom. The van der Waals surface area contributed by atoms with Gasteiger partial charge in [-0.05, 0) is 0 Å². The molecular weight excluding hydrogens is 414 g/mol. The van der Waals surface area contributed by atoms with Crippen molar-refractivity contribution in [3.63, 3.8) is 0 Å². The molecule has 1 unspecified atom stereocenters. The fraction of sp³-hybridized carbons (Fsp3) is 0.875. The molecule has 0 aliphatic rings. The SMILES string of the molecule is C[N+](C)(C)C(=O)C(O)CO.O=S(=O)([N-]S(=O)(=O)C(F)(F)F)C(F)(F)F. The molecule has 2 N–H and O–H groups in total. The number of sulfonamides is 2. The molecule has 9 nitrogen and oxygen atoms in total. The molecule has 17 heteroatoms. The van der Waals surface area contributed by atoms with Crippen molar-refractivity contribution >= 4 is 26.0 Å². The minimum atomic E-state index is -6.72. The van der Waals surface area contributed by atoms with Gasteiger partial charge in [-0.2, -0.15) is 26.3 Å². The molecule has 0 saturated heterocycles. The lowest BCUT2D eigenvalue weighted by Crippen LogP contribution is -2.48. The van der Waals surface area contributed by atoms with Gasteiger partial charge in [0.15, 0.2) is 26.2 Å². The molecule has 0 aliphatic carbocycles. The van der Waals surface area contributed by atoms with Crippen LogP contribution in [0.25, 0.3) is 4.13 Å². The molecule has 152 valence electrons. The Kier molecular flexibility index (Phi) is 8.52. The Bertz CT molecular complexity index is 621. The lowest BCUT2D eigenvalue weighted by atomic mass is 10.3. The molecule has 0 radical (unpaired) electrons. The summed E-state index contributed by atoms with van der Waals surface area (Å²) in [7, 11) is -8.52. The Hall–Kier alpha value is -1.01. The van der Waals surface area contributed by atoms with E-state index in [1.807, 2.05) is 0 Å². The van der Waals surface area contributed by atoms with Crippen molar-refractivity contribution in [2.75, 3.05) is 27.7 Å². The van der Waals surface area contributed by atoms with Gasteiger partial charge in [0.2, 0.25) is 0 Å². The second-order valence-corrected chi connectivity index (χ2v) is 8.39. The third-order valence-electron chi connectivity index (χ3n) is 1.90. The maximum absolute atomic E-state index is 11.4. The summed E-state index contributed by atoms with van der Waals surface area (Å²) in [5.74, 6) is -0.387. The lowest BCUT2D eigenvalue weighted by Gasteiger charge is -2.22. The van der Waals surface area contributed by atoms with Crippen LogP contribution in [0.15, 0.2) is 0 Å². The van der Waals surface area contributed by atoms with Gasteiger partial charge in [0.05, 0.1) is 27.7 Å². The summed E-state index contributed by atoms with van der Waals surface area (Å²) >= 11 is 0. The summed E-state index contributed by atoms with van der Waals surface area (Å²) in [4.78, 5) is 11.0. The van der Waals surface area contributed by atoms with E-state index in [4.69, 9.17) is 10.2 Å². The third kappa shape index (κ3) is 8.27. The highest BCUT2D eigenvalue weighted by molar-refractivity contribution is 8.13. The predicted octanol–water partition coefficient (Wildman–Crippen LogP) is -0.368. The topological polar surface area (TPSA) is 140 Å². The molecule has 0 bridgehead atoms. The molecule has 1 atom stereocenters. The normalized spacial score (nSPS) is 15.2. The van der Waals surface area contributed by atoms with Gasteiger partial charge >= 0.3 is 16.9 Å². The number of halogens is 6. The number of aliphatic hydroxyl groups excluding tert-OH is 2. The van der Waals surface area contributed by atoms with E-state index in [1.54, 1.807) is 21.1 Å². The maximum atomic E-state index is 11.4. The number of nitrogens with zero attached hydrogens (tertiary/aromatic N) is 2.